The molecule has 0 aromatic carbocycles. The zero-order valence-corrected chi connectivity index (χ0v) is 30.5. The van der Waals surface area contributed by atoms with Crippen LogP contribution >= 0.6 is 0 Å². The van der Waals surface area contributed by atoms with Gasteiger partial charge in [-0.1, -0.05) is 20.8 Å². The summed E-state index contributed by atoms with van der Waals surface area (Å²) in [4.78, 5) is 65.6. The van der Waals surface area contributed by atoms with Gasteiger partial charge in [0.25, 0.3) is 0 Å². The first-order chi connectivity index (χ1) is 24.0. The molecule has 4 bridgehead atoms. The van der Waals surface area contributed by atoms with Crippen LogP contribution in [-0.4, -0.2) is 105 Å². The summed E-state index contributed by atoms with van der Waals surface area (Å²) in [6, 6.07) is 1.54. The van der Waals surface area contributed by atoms with Crippen molar-refractivity contribution in [3.63, 3.8) is 0 Å². The normalized spacial score (nSPS) is 49.5. The molecule has 0 radical (unpaired) electrons. The molecule has 1 spiro atoms. The fourth-order valence-corrected chi connectivity index (χ4v) is 12.5. The molecule has 6 aliphatic rings. The predicted octanol–water partition coefficient (Wildman–Crippen LogP) is 1.41. The molecule has 52 heavy (non-hydrogen) atoms. The maximum atomic E-state index is 14.1. The molecule has 1 aromatic rings. The van der Waals surface area contributed by atoms with Crippen molar-refractivity contribution in [3.05, 3.63) is 24.2 Å². The number of fused-ring (bicyclic) bond motifs is 4. The number of carbonyl (C=O) groups excluding carboxylic acids is 5. The van der Waals surface area contributed by atoms with Crippen LogP contribution < -0.4 is 0 Å². The molecule has 7 rings (SSSR count). The van der Waals surface area contributed by atoms with Gasteiger partial charge in [-0.05, 0) is 25.3 Å². The van der Waals surface area contributed by atoms with Crippen molar-refractivity contribution in [2.45, 2.75) is 133 Å². The average molecular weight is 735 g/mol. The number of ether oxygens (including phenoxy) is 7. The number of hydrogen-bond donors (Lipinski definition) is 3. The Hall–Kier alpha value is -3.57. The second-order valence-corrected chi connectivity index (χ2v) is 16.4. The predicted molar refractivity (Wildman–Crippen MR) is 169 cm³/mol. The van der Waals surface area contributed by atoms with Gasteiger partial charge < -0.3 is 52.9 Å². The van der Waals surface area contributed by atoms with Gasteiger partial charge in [0.15, 0.2) is 18.0 Å². The fraction of sp³-hybridized carbons (Fsp3) is 0.750. The van der Waals surface area contributed by atoms with E-state index in [0.717, 1.165) is 20.8 Å². The third-order valence-electron chi connectivity index (χ3n) is 13.9. The van der Waals surface area contributed by atoms with Gasteiger partial charge in [0, 0.05) is 68.3 Å². The number of esters is 5. The van der Waals surface area contributed by atoms with Crippen molar-refractivity contribution < 1.29 is 76.9 Å². The minimum Gasteiger partial charge on any atom is -0.472 e. The van der Waals surface area contributed by atoms with E-state index in [1.807, 2.05) is 0 Å². The van der Waals surface area contributed by atoms with E-state index in [2.05, 4.69) is 0 Å². The van der Waals surface area contributed by atoms with Gasteiger partial charge in [0.05, 0.1) is 19.6 Å². The maximum Gasteiger partial charge on any atom is 0.305 e. The number of carbonyl (C=O) groups is 5. The van der Waals surface area contributed by atoms with E-state index in [1.165, 1.54) is 39.5 Å². The summed E-state index contributed by atoms with van der Waals surface area (Å²) < 4.78 is 48.4. The Labute approximate surface area is 299 Å². The summed E-state index contributed by atoms with van der Waals surface area (Å²) in [6.45, 7) is 10.8. The first kappa shape index (κ1) is 36.8. The molecular weight excluding hydrogens is 688 g/mol. The lowest BCUT2D eigenvalue weighted by Gasteiger charge is -2.77. The smallest absolute Gasteiger partial charge is 0.305 e. The second kappa shape index (κ2) is 10.8. The van der Waals surface area contributed by atoms with Crippen LogP contribution in [0.25, 0.3) is 0 Å². The average Bonchev–Trinajstić information content (AvgIpc) is 3.82. The molecular formula is C36H46O16. The fourth-order valence-electron chi connectivity index (χ4n) is 12.5. The third kappa shape index (κ3) is 3.82. The number of aliphatic hydroxyl groups excluding tert-OH is 1. The minimum atomic E-state index is -2.67. The van der Waals surface area contributed by atoms with E-state index < -0.39 is 123 Å². The van der Waals surface area contributed by atoms with Crippen LogP contribution in [0.15, 0.2) is 23.0 Å². The van der Waals surface area contributed by atoms with Crippen LogP contribution in [0.1, 0.15) is 86.3 Å². The number of methoxy groups -OCH3 is 1. The number of rotatable bonds is 8. The SMILES string of the molecule is COC(=O)CC1C2(C)CC3(O)C(OC(C)=O)(C2OC(C)=O)C2OC4(C)CC5C(C)(C(OC(C)=O)c6ccoc6)C(O)C(OC(C)=O)C(O)(C52O4)C13C. The van der Waals surface area contributed by atoms with Gasteiger partial charge in [0.1, 0.15) is 35.1 Å². The molecule has 4 aliphatic carbocycles. The molecule has 3 N–H and O–H groups in total. The Morgan fingerprint density at radius 2 is 1.62 bits per heavy atom. The molecule has 15 unspecified atom stereocenters. The van der Waals surface area contributed by atoms with Crippen molar-refractivity contribution in [1.29, 1.82) is 0 Å². The van der Waals surface area contributed by atoms with Gasteiger partial charge in [-0.2, -0.15) is 0 Å². The van der Waals surface area contributed by atoms with E-state index in [0.29, 0.717) is 5.56 Å². The third-order valence-corrected chi connectivity index (χ3v) is 13.9. The molecule has 2 aliphatic heterocycles. The lowest BCUT2D eigenvalue weighted by atomic mass is 9.32. The highest BCUT2D eigenvalue weighted by Crippen LogP contribution is 2.87. The zero-order valence-electron chi connectivity index (χ0n) is 30.5. The summed E-state index contributed by atoms with van der Waals surface area (Å²) in [5, 5.41) is 40.4. The molecule has 4 saturated carbocycles. The molecule has 16 heteroatoms. The quantitative estimate of drug-likeness (QED) is 0.254. The molecule has 3 heterocycles. The van der Waals surface area contributed by atoms with Crippen LogP contribution in [0.5, 0.6) is 0 Å². The van der Waals surface area contributed by atoms with Crippen LogP contribution in [0.3, 0.4) is 0 Å². The summed E-state index contributed by atoms with van der Waals surface area (Å²) in [5.74, 6) is -8.03. The lowest BCUT2D eigenvalue weighted by molar-refractivity contribution is -0.440. The topological polar surface area (TPSA) is 224 Å². The van der Waals surface area contributed by atoms with Crippen molar-refractivity contribution in [1.82, 2.24) is 0 Å². The molecule has 16 nitrogen and oxygen atoms in total. The van der Waals surface area contributed by atoms with E-state index >= 15 is 0 Å². The minimum absolute atomic E-state index is 0.0659. The van der Waals surface area contributed by atoms with Gasteiger partial charge in [-0.15, -0.1) is 0 Å². The Kier molecular flexibility index (Phi) is 7.62. The number of aliphatic hydroxyl groups is 3. The van der Waals surface area contributed by atoms with E-state index in [-0.39, 0.29) is 12.8 Å². The monoisotopic (exact) mass is 734 g/mol. The zero-order chi connectivity index (χ0) is 38.4. The molecule has 2 saturated heterocycles. The molecule has 1 aromatic heterocycles. The summed E-state index contributed by atoms with van der Waals surface area (Å²) >= 11 is 0. The maximum absolute atomic E-state index is 14.1. The Morgan fingerprint density at radius 1 is 0.962 bits per heavy atom. The van der Waals surface area contributed by atoms with Crippen LogP contribution in [0, 0.1) is 28.1 Å². The highest BCUT2D eigenvalue weighted by molar-refractivity contribution is 5.73. The summed E-state index contributed by atoms with van der Waals surface area (Å²) in [6.07, 6.45) is -6.48. The first-order valence-corrected chi connectivity index (χ1v) is 17.3. The van der Waals surface area contributed by atoms with Crippen LogP contribution in [-0.2, 0) is 57.1 Å². The standard InChI is InChI=1S/C36H46O16/c1-16(37)47-25(20-10-11-46-14-20)31(7)22-13-30(6)51-28-34(22,52-30)36(44,26(24(31)42)48-17(2)38)32(8)21(12-23(41)45-9)29(5)15-33(32,43)35(28,50-19(4)40)27(29)49-18(3)39/h10-11,14,21-22,24-28,42-44H,12-13,15H2,1-9H3. The van der Waals surface area contributed by atoms with Crippen LogP contribution in [0.4, 0.5) is 0 Å². The van der Waals surface area contributed by atoms with E-state index in [9.17, 15) is 39.3 Å². The van der Waals surface area contributed by atoms with Gasteiger partial charge in [0.2, 0.25) is 5.60 Å². The van der Waals surface area contributed by atoms with Crippen molar-refractivity contribution in [3.8, 4) is 0 Å². The Balaban J connectivity index is 1.63. The van der Waals surface area contributed by atoms with Crippen LogP contribution in [0.2, 0.25) is 0 Å². The van der Waals surface area contributed by atoms with Crippen molar-refractivity contribution in [2.75, 3.05) is 7.11 Å². The van der Waals surface area contributed by atoms with Gasteiger partial charge in [-0.25, -0.2) is 0 Å². The van der Waals surface area contributed by atoms with Gasteiger partial charge >= 0.3 is 29.8 Å². The molecule has 286 valence electrons. The summed E-state index contributed by atoms with van der Waals surface area (Å²) in [5.41, 5.74) is -14.5. The highest BCUT2D eigenvalue weighted by atomic mass is 16.8. The Bertz CT molecular complexity index is 1740. The Morgan fingerprint density at radius 3 is 2.15 bits per heavy atom. The second-order valence-electron chi connectivity index (χ2n) is 16.4. The number of furan rings is 1. The van der Waals surface area contributed by atoms with E-state index in [1.54, 1.807) is 20.8 Å². The van der Waals surface area contributed by atoms with Crippen molar-refractivity contribution >= 4 is 29.8 Å². The molecule has 0 amide bonds. The summed E-state index contributed by atoms with van der Waals surface area (Å²) in [7, 11) is 1.17. The van der Waals surface area contributed by atoms with Gasteiger partial charge in [-0.3, -0.25) is 24.0 Å². The first-order valence-electron chi connectivity index (χ1n) is 17.3. The number of hydrogen-bond acceptors (Lipinski definition) is 16. The largest absolute Gasteiger partial charge is 0.472 e. The van der Waals surface area contributed by atoms with E-state index in [4.69, 9.17) is 37.6 Å². The highest BCUT2D eigenvalue weighted by Gasteiger charge is 3.03. The molecule has 6 fully saturated rings. The molecule has 15 atom stereocenters. The van der Waals surface area contributed by atoms with Crippen molar-refractivity contribution in [2.24, 2.45) is 28.1 Å². The lowest BCUT2D eigenvalue weighted by Crippen LogP contribution is -2.96.